The first-order valence-corrected chi connectivity index (χ1v) is 6.04. The van der Waals surface area contributed by atoms with E-state index in [2.05, 4.69) is 0 Å². The molecule has 0 unspecified atom stereocenters. The lowest BCUT2D eigenvalue weighted by atomic mass is 9.98. The van der Waals surface area contributed by atoms with Crippen molar-refractivity contribution in [1.82, 2.24) is 5.06 Å². The van der Waals surface area contributed by atoms with Crippen LogP contribution in [0.2, 0.25) is 0 Å². The second-order valence-electron chi connectivity index (χ2n) is 4.30. The monoisotopic (exact) mass is 241 g/mol. The summed E-state index contributed by atoms with van der Waals surface area (Å²) in [7, 11) is 1.59. The number of piperidine rings is 1. The Balaban J connectivity index is 2.06. The Morgan fingerprint density at radius 3 is 3.06 bits per heavy atom. The molecule has 17 heavy (non-hydrogen) atoms. The number of nitrogens with zero attached hydrogens (tertiary/aromatic N) is 1. The van der Waals surface area contributed by atoms with Gasteiger partial charge in [-0.05, 0) is 12.8 Å². The molecule has 5 heteroatoms. The molecule has 3 atom stereocenters. The molecular weight excluding hydrogens is 222 g/mol. The highest BCUT2D eigenvalue weighted by atomic mass is 16.7. The van der Waals surface area contributed by atoms with Crippen LogP contribution in [0.4, 0.5) is 0 Å². The lowest BCUT2D eigenvalue weighted by Gasteiger charge is -2.41. The van der Waals surface area contributed by atoms with Crippen molar-refractivity contribution in [3.63, 3.8) is 0 Å². The van der Waals surface area contributed by atoms with Crippen LogP contribution in [0.3, 0.4) is 0 Å². The molecule has 0 saturated carbocycles. The zero-order chi connectivity index (χ0) is 12.3. The first-order chi connectivity index (χ1) is 8.26. The third kappa shape index (κ3) is 2.68. The molecule has 0 aromatic heterocycles. The third-order valence-corrected chi connectivity index (χ3v) is 3.11. The van der Waals surface area contributed by atoms with Crippen LogP contribution in [0.25, 0.3) is 0 Å². The Labute approximate surface area is 101 Å². The quantitative estimate of drug-likeness (QED) is 0.549. The summed E-state index contributed by atoms with van der Waals surface area (Å²) in [5.74, 6) is 0.0371. The summed E-state index contributed by atoms with van der Waals surface area (Å²) in [6.07, 6.45) is 6.01. The summed E-state index contributed by atoms with van der Waals surface area (Å²) in [4.78, 5) is 17.4. The van der Waals surface area contributed by atoms with Crippen molar-refractivity contribution in [2.45, 2.75) is 44.4 Å². The molecule has 0 bridgehead atoms. The van der Waals surface area contributed by atoms with Crippen molar-refractivity contribution in [1.29, 1.82) is 0 Å². The minimum atomic E-state index is -0.116. The minimum absolute atomic E-state index is 0.00336. The van der Waals surface area contributed by atoms with E-state index in [4.69, 9.17) is 14.3 Å². The van der Waals surface area contributed by atoms with Crippen molar-refractivity contribution >= 4 is 5.91 Å². The maximum Gasteiger partial charge on any atom is 0.246 e. The Morgan fingerprint density at radius 2 is 2.35 bits per heavy atom. The number of carbonyl (C=O) groups is 1. The van der Waals surface area contributed by atoms with Gasteiger partial charge in [0.1, 0.15) is 18.9 Å². The lowest BCUT2D eigenvalue weighted by molar-refractivity contribution is -0.240. The average Bonchev–Trinajstić information content (AvgIpc) is 2.38. The second kappa shape index (κ2) is 5.62. The molecule has 0 aromatic rings. The number of carbonyl (C=O) groups excluding carboxylic acids is 1. The van der Waals surface area contributed by atoms with E-state index in [-0.39, 0.29) is 30.9 Å². The average molecular weight is 241 g/mol. The van der Waals surface area contributed by atoms with Crippen LogP contribution in [-0.4, -0.2) is 43.1 Å². The largest absolute Gasteiger partial charge is 0.359 e. The predicted molar refractivity (Wildman–Crippen MR) is 60.9 cm³/mol. The molecule has 0 spiro atoms. The summed E-state index contributed by atoms with van der Waals surface area (Å²) < 4.78 is 10.5. The summed E-state index contributed by atoms with van der Waals surface area (Å²) in [5, 5.41) is 1.47. The summed E-state index contributed by atoms with van der Waals surface area (Å²) in [6, 6.07) is -0.116. The normalized spacial score (nSPS) is 32.7. The molecule has 2 aliphatic heterocycles. The molecule has 2 rings (SSSR count). The molecule has 96 valence electrons. The molecule has 0 radical (unpaired) electrons. The van der Waals surface area contributed by atoms with E-state index in [1.807, 2.05) is 19.1 Å². The van der Waals surface area contributed by atoms with Crippen LogP contribution >= 0.6 is 0 Å². The van der Waals surface area contributed by atoms with Gasteiger partial charge in [0.05, 0.1) is 6.10 Å². The summed E-state index contributed by atoms with van der Waals surface area (Å²) >= 11 is 0. The number of amides is 1. The topological polar surface area (TPSA) is 48.0 Å². The van der Waals surface area contributed by atoms with Gasteiger partial charge in [-0.25, -0.2) is 5.06 Å². The second-order valence-corrected chi connectivity index (χ2v) is 4.30. The van der Waals surface area contributed by atoms with Gasteiger partial charge in [0.2, 0.25) is 5.91 Å². The number of hydroxylamine groups is 2. The highest BCUT2D eigenvalue weighted by Gasteiger charge is 2.39. The van der Waals surface area contributed by atoms with E-state index in [1.54, 1.807) is 7.11 Å². The minimum Gasteiger partial charge on any atom is -0.359 e. The van der Waals surface area contributed by atoms with E-state index >= 15 is 0 Å². The Kier molecular flexibility index (Phi) is 4.15. The summed E-state index contributed by atoms with van der Waals surface area (Å²) in [5.41, 5.74) is 0. The van der Waals surface area contributed by atoms with Crippen molar-refractivity contribution in [2.75, 3.05) is 13.9 Å². The van der Waals surface area contributed by atoms with Crippen LogP contribution in [0, 0.1) is 0 Å². The lowest BCUT2D eigenvalue weighted by Crippen LogP contribution is -2.54. The van der Waals surface area contributed by atoms with Crippen molar-refractivity contribution in [2.24, 2.45) is 0 Å². The number of hydrogen-bond acceptors (Lipinski definition) is 4. The maximum atomic E-state index is 11.8. The van der Waals surface area contributed by atoms with Gasteiger partial charge in [-0.2, -0.15) is 0 Å². The fraction of sp³-hybridized carbons (Fsp3) is 0.750. The van der Waals surface area contributed by atoms with Crippen molar-refractivity contribution < 1.29 is 19.1 Å². The van der Waals surface area contributed by atoms with Gasteiger partial charge in [-0.3, -0.25) is 9.63 Å². The number of fused-ring (bicyclic) bond motifs is 1. The number of hydrogen-bond donors (Lipinski definition) is 0. The maximum absolute atomic E-state index is 11.8. The van der Waals surface area contributed by atoms with Crippen LogP contribution in [0.5, 0.6) is 0 Å². The van der Waals surface area contributed by atoms with Gasteiger partial charge in [-0.15, -0.1) is 0 Å². The van der Waals surface area contributed by atoms with Gasteiger partial charge in [-0.1, -0.05) is 19.1 Å². The van der Waals surface area contributed by atoms with Gasteiger partial charge in [0, 0.05) is 13.5 Å². The van der Waals surface area contributed by atoms with Crippen LogP contribution in [0.1, 0.15) is 26.2 Å². The first kappa shape index (κ1) is 12.5. The zero-order valence-electron chi connectivity index (χ0n) is 10.3. The molecular formula is C12H19NO4. The van der Waals surface area contributed by atoms with E-state index in [0.717, 1.165) is 6.42 Å². The summed E-state index contributed by atoms with van der Waals surface area (Å²) in [6.45, 7) is 2.27. The zero-order valence-corrected chi connectivity index (χ0v) is 10.3. The number of methoxy groups -OCH3 is 1. The van der Waals surface area contributed by atoms with E-state index in [0.29, 0.717) is 12.8 Å². The first-order valence-electron chi connectivity index (χ1n) is 6.04. The molecule has 2 heterocycles. The molecule has 5 nitrogen and oxygen atoms in total. The number of rotatable bonds is 4. The van der Waals surface area contributed by atoms with Crippen molar-refractivity contribution in [3.05, 3.63) is 12.2 Å². The van der Waals surface area contributed by atoms with Crippen LogP contribution in [-0.2, 0) is 19.1 Å². The van der Waals surface area contributed by atoms with E-state index < -0.39 is 0 Å². The Hall–Kier alpha value is -0.910. The molecule has 0 N–H and O–H groups in total. The predicted octanol–water partition coefficient (Wildman–Crippen LogP) is 1.25. The highest BCUT2D eigenvalue weighted by Crippen LogP contribution is 2.27. The SMILES string of the molecule is CC[C@H]1C=C[C@@H]2[C@H](OCOC)CCC(=O)N2O1. The molecule has 1 saturated heterocycles. The molecule has 0 aliphatic carbocycles. The van der Waals surface area contributed by atoms with Crippen LogP contribution < -0.4 is 0 Å². The number of ether oxygens (including phenoxy) is 2. The van der Waals surface area contributed by atoms with Gasteiger partial charge < -0.3 is 9.47 Å². The Bertz CT molecular complexity index is 305. The van der Waals surface area contributed by atoms with E-state index in [9.17, 15) is 4.79 Å². The fourth-order valence-electron chi connectivity index (χ4n) is 2.16. The molecule has 1 fully saturated rings. The van der Waals surface area contributed by atoms with Gasteiger partial charge >= 0.3 is 0 Å². The fourth-order valence-corrected chi connectivity index (χ4v) is 2.16. The molecule has 0 aromatic carbocycles. The standard InChI is InChI=1S/C12H19NO4/c1-3-9-4-5-10-11(16-8-15-2)6-7-12(14)13(10)17-9/h4-5,9-11H,3,6-8H2,1-2H3/t9-,10+,11+/m0/s1. The van der Waals surface area contributed by atoms with Gasteiger partial charge in [0.25, 0.3) is 0 Å². The van der Waals surface area contributed by atoms with Crippen molar-refractivity contribution in [3.8, 4) is 0 Å². The van der Waals surface area contributed by atoms with E-state index in [1.165, 1.54) is 5.06 Å². The Morgan fingerprint density at radius 1 is 1.53 bits per heavy atom. The third-order valence-electron chi connectivity index (χ3n) is 3.11. The van der Waals surface area contributed by atoms with Crippen LogP contribution in [0.15, 0.2) is 12.2 Å². The highest BCUT2D eigenvalue weighted by molar-refractivity contribution is 5.77. The molecule has 2 aliphatic rings. The smallest absolute Gasteiger partial charge is 0.246 e. The molecule has 1 amide bonds. The van der Waals surface area contributed by atoms with Gasteiger partial charge in [0.15, 0.2) is 0 Å².